The van der Waals surface area contributed by atoms with Crippen molar-refractivity contribution in [2.24, 2.45) is 0 Å². The van der Waals surface area contributed by atoms with Crippen molar-refractivity contribution in [2.45, 2.75) is 32.6 Å². The van der Waals surface area contributed by atoms with Crippen molar-refractivity contribution in [1.29, 1.82) is 0 Å². The Morgan fingerprint density at radius 2 is 2.29 bits per heavy atom. The molecule has 2 rings (SSSR count). The fourth-order valence-electron chi connectivity index (χ4n) is 2.26. The first-order valence-corrected chi connectivity index (χ1v) is 5.08. The molecule has 1 aromatic rings. The number of methoxy groups -OCH3 is 1. The summed E-state index contributed by atoms with van der Waals surface area (Å²) in [6.45, 7) is 2.08. The summed E-state index contributed by atoms with van der Waals surface area (Å²) in [5.74, 6) is -0.240. The number of esters is 1. The summed E-state index contributed by atoms with van der Waals surface area (Å²) in [4.78, 5) is 14.6. The molecule has 1 aliphatic rings. The molecular formula is C11H15NO2. The number of hydrogen-bond donors (Lipinski definition) is 1. The van der Waals surface area contributed by atoms with Crippen molar-refractivity contribution < 1.29 is 9.53 Å². The quantitative estimate of drug-likeness (QED) is 0.728. The Bertz CT molecular complexity index is 366. The maximum absolute atomic E-state index is 11.4. The Morgan fingerprint density at radius 3 is 2.93 bits per heavy atom. The number of carbonyl (C=O) groups excluding carboxylic acids is 1. The van der Waals surface area contributed by atoms with Gasteiger partial charge >= 0.3 is 5.97 Å². The van der Waals surface area contributed by atoms with Crippen molar-refractivity contribution in [2.75, 3.05) is 7.11 Å². The van der Waals surface area contributed by atoms with Gasteiger partial charge in [-0.3, -0.25) is 0 Å². The van der Waals surface area contributed by atoms with Gasteiger partial charge in [-0.15, -0.1) is 0 Å². The highest BCUT2D eigenvalue weighted by Crippen LogP contribution is 2.28. The summed E-state index contributed by atoms with van der Waals surface area (Å²) in [5.41, 5.74) is 4.42. The van der Waals surface area contributed by atoms with Gasteiger partial charge in [-0.1, -0.05) is 6.92 Å². The second-order valence-corrected chi connectivity index (χ2v) is 3.63. The third-order valence-electron chi connectivity index (χ3n) is 2.90. The zero-order chi connectivity index (χ0) is 10.1. The number of aromatic amines is 1. The van der Waals surface area contributed by atoms with E-state index in [0.29, 0.717) is 5.69 Å². The molecule has 0 radical (unpaired) electrons. The molecular weight excluding hydrogens is 178 g/mol. The zero-order valence-electron chi connectivity index (χ0n) is 8.64. The second kappa shape index (κ2) is 3.48. The van der Waals surface area contributed by atoms with E-state index in [1.165, 1.54) is 24.8 Å². The van der Waals surface area contributed by atoms with Crippen molar-refractivity contribution in [3.8, 4) is 0 Å². The Balaban J connectivity index is 2.46. The van der Waals surface area contributed by atoms with Gasteiger partial charge in [0.25, 0.3) is 0 Å². The van der Waals surface area contributed by atoms with Crippen molar-refractivity contribution >= 4 is 5.97 Å². The van der Waals surface area contributed by atoms with Crippen LogP contribution < -0.4 is 0 Å². The summed E-state index contributed by atoms with van der Waals surface area (Å²) in [6, 6.07) is 0. The lowest BCUT2D eigenvalue weighted by Gasteiger charge is -2.01. The van der Waals surface area contributed by atoms with E-state index in [2.05, 4.69) is 11.9 Å². The van der Waals surface area contributed by atoms with E-state index >= 15 is 0 Å². The maximum atomic E-state index is 11.4. The van der Waals surface area contributed by atoms with E-state index in [4.69, 9.17) is 4.74 Å². The largest absolute Gasteiger partial charge is 0.464 e. The third kappa shape index (κ3) is 1.24. The Labute approximate surface area is 83.5 Å². The molecule has 0 bridgehead atoms. The lowest BCUT2D eigenvalue weighted by Crippen LogP contribution is -2.05. The van der Waals surface area contributed by atoms with Crippen LogP contribution in [0.5, 0.6) is 0 Å². The van der Waals surface area contributed by atoms with Crippen LogP contribution >= 0.6 is 0 Å². The highest BCUT2D eigenvalue weighted by Gasteiger charge is 2.23. The van der Waals surface area contributed by atoms with Crippen LogP contribution in [0, 0.1) is 0 Å². The average Bonchev–Trinajstić information content (AvgIpc) is 2.74. The fraction of sp³-hybridized carbons (Fsp3) is 0.545. The van der Waals surface area contributed by atoms with Gasteiger partial charge in [0.15, 0.2) is 0 Å². The van der Waals surface area contributed by atoms with Crippen molar-refractivity contribution in [1.82, 2.24) is 4.98 Å². The van der Waals surface area contributed by atoms with Gasteiger partial charge < -0.3 is 9.72 Å². The topological polar surface area (TPSA) is 42.1 Å². The monoisotopic (exact) mass is 193 g/mol. The molecule has 1 aliphatic carbocycles. The lowest BCUT2D eigenvalue weighted by molar-refractivity contribution is 0.0593. The predicted molar refractivity (Wildman–Crippen MR) is 53.5 cm³/mol. The molecule has 0 fully saturated rings. The van der Waals surface area contributed by atoms with Crippen LogP contribution in [0.25, 0.3) is 0 Å². The molecule has 1 N–H and O–H groups in total. The summed E-state index contributed by atoms with van der Waals surface area (Å²) < 4.78 is 4.75. The molecule has 1 aromatic heterocycles. The first-order chi connectivity index (χ1) is 6.77. The Kier molecular flexibility index (Phi) is 2.32. The van der Waals surface area contributed by atoms with Crippen LogP contribution in [0.1, 0.15) is 40.7 Å². The molecule has 3 nitrogen and oxygen atoms in total. The molecule has 76 valence electrons. The lowest BCUT2D eigenvalue weighted by atomic mass is 10.1. The van der Waals surface area contributed by atoms with E-state index in [9.17, 15) is 4.79 Å². The standard InChI is InChI=1S/C11H15NO2/c1-3-7-8-5-4-6-9(8)12-10(7)11(13)14-2/h12H,3-6H2,1-2H3. The van der Waals surface area contributed by atoms with Gasteiger partial charge in [0.05, 0.1) is 7.11 Å². The number of fused-ring (bicyclic) bond motifs is 1. The van der Waals surface area contributed by atoms with Gasteiger partial charge in [-0.05, 0) is 36.8 Å². The van der Waals surface area contributed by atoms with Crippen LogP contribution in [-0.4, -0.2) is 18.1 Å². The summed E-state index contributed by atoms with van der Waals surface area (Å²) >= 11 is 0. The normalized spacial score (nSPS) is 14.1. The number of carbonyl (C=O) groups is 1. The fourth-order valence-corrected chi connectivity index (χ4v) is 2.26. The molecule has 0 spiro atoms. The number of aromatic nitrogens is 1. The van der Waals surface area contributed by atoms with E-state index in [-0.39, 0.29) is 5.97 Å². The van der Waals surface area contributed by atoms with Crippen LogP contribution in [-0.2, 0) is 24.0 Å². The van der Waals surface area contributed by atoms with Crippen LogP contribution in [0.4, 0.5) is 0 Å². The van der Waals surface area contributed by atoms with Gasteiger partial charge in [-0.25, -0.2) is 4.79 Å². The van der Waals surface area contributed by atoms with Gasteiger partial charge in [0.2, 0.25) is 0 Å². The molecule has 0 saturated heterocycles. The number of hydrogen-bond acceptors (Lipinski definition) is 2. The van der Waals surface area contributed by atoms with Crippen LogP contribution in [0.15, 0.2) is 0 Å². The van der Waals surface area contributed by atoms with Crippen molar-refractivity contribution in [3.05, 3.63) is 22.5 Å². The van der Waals surface area contributed by atoms with Crippen LogP contribution in [0.2, 0.25) is 0 Å². The smallest absolute Gasteiger partial charge is 0.354 e. The van der Waals surface area contributed by atoms with E-state index < -0.39 is 0 Å². The summed E-state index contributed by atoms with van der Waals surface area (Å²) in [5, 5.41) is 0. The SMILES string of the molecule is CCc1c(C(=O)OC)[nH]c2c1CCC2. The molecule has 3 heteroatoms. The molecule has 1 heterocycles. The predicted octanol–water partition coefficient (Wildman–Crippen LogP) is 1.85. The molecule has 0 amide bonds. The maximum Gasteiger partial charge on any atom is 0.354 e. The first-order valence-electron chi connectivity index (χ1n) is 5.08. The average molecular weight is 193 g/mol. The molecule has 0 aliphatic heterocycles. The van der Waals surface area contributed by atoms with Crippen molar-refractivity contribution in [3.63, 3.8) is 0 Å². The van der Waals surface area contributed by atoms with E-state index in [0.717, 1.165) is 24.8 Å². The summed E-state index contributed by atoms with van der Waals surface area (Å²) in [6.07, 6.45) is 4.28. The molecule has 14 heavy (non-hydrogen) atoms. The second-order valence-electron chi connectivity index (χ2n) is 3.63. The molecule has 0 unspecified atom stereocenters. The number of H-pyrrole nitrogens is 1. The molecule has 0 atom stereocenters. The highest BCUT2D eigenvalue weighted by atomic mass is 16.5. The molecule has 0 aromatic carbocycles. The van der Waals surface area contributed by atoms with E-state index in [1.807, 2.05) is 0 Å². The minimum absolute atomic E-state index is 0.240. The molecule has 0 saturated carbocycles. The number of nitrogens with one attached hydrogen (secondary N) is 1. The number of ether oxygens (including phenoxy) is 1. The van der Waals surface area contributed by atoms with Gasteiger partial charge in [-0.2, -0.15) is 0 Å². The van der Waals surface area contributed by atoms with E-state index in [1.54, 1.807) is 0 Å². The zero-order valence-corrected chi connectivity index (χ0v) is 8.64. The number of aryl methyl sites for hydroxylation is 1. The Hall–Kier alpha value is -1.25. The van der Waals surface area contributed by atoms with Crippen LogP contribution in [0.3, 0.4) is 0 Å². The minimum Gasteiger partial charge on any atom is -0.464 e. The first kappa shape index (κ1) is 9.31. The Morgan fingerprint density at radius 1 is 1.50 bits per heavy atom. The van der Waals surface area contributed by atoms with Gasteiger partial charge in [0.1, 0.15) is 5.69 Å². The van der Waals surface area contributed by atoms with Gasteiger partial charge in [0, 0.05) is 5.69 Å². The minimum atomic E-state index is -0.240. The summed E-state index contributed by atoms with van der Waals surface area (Å²) in [7, 11) is 1.42. The third-order valence-corrected chi connectivity index (χ3v) is 2.90. The number of rotatable bonds is 2. The highest BCUT2D eigenvalue weighted by molar-refractivity contribution is 5.90.